The van der Waals surface area contributed by atoms with E-state index in [2.05, 4.69) is 15.0 Å². The second-order valence-electron chi connectivity index (χ2n) is 5.32. The van der Waals surface area contributed by atoms with E-state index < -0.39 is 0 Å². The monoisotopic (exact) mass is 296 g/mol. The average Bonchev–Trinajstić information content (AvgIpc) is 2.52. The van der Waals surface area contributed by atoms with Crippen molar-refractivity contribution in [1.82, 2.24) is 15.0 Å². The van der Waals surface area contributed by atoms with Crippen molar-refractivity contribution in [2.75, 3.05) is 0 Å². The summed E-state index contributed by atoms with van der Waals surface area (Å²) in [6.45, 7) is 2.13. The van der Waals surface area contributed by atoms with Gasteiger partial charge in [-0.25, -0.2) is 14.4 Å². The zero-order chi connectivity index (χ0) is 15.3. The standard InChI is InChI=1S/C16H13FN4O/c1-8(18)11-5-9(17)6-12-14(11)21-16-15(20-12)10-3-2-4-19-13(10)7-22-16/h2-6,8H,7,18H2,1H3/t8-/m1/s1. The second-order valence-corrected chi connectivity index (χ2v) is 5.32. The number of nitrogens with two attached hydrogens (primary N) is 1. The Hall–Kier alpha value is -2.60. The Morgan fingerprint density at radius 2 is 2.18 bits per heavy atom. The molecule has 1 aliphatic rings. The number of rotatable bonds is 1. The van der Waals surface area contributed by atoms with Crippen molar-refractivity contribution in [2.45, 2.75) is 19.6 Å². The van der Waals surface area contributed by atoms with Gasteiger partial charge in [-0.1, -0.05) is 0 Å². The molecule has 0 aliphatic carbocycles. The maximum atomic E-state index is 13.8. The number of hydrogen-bond acceptors (Lipinski definition) is 5. The van der Waals surface area contributed by atoms with E-state index >= 15 is 0 Å². The molecule has 110 valence electrons. The first-order valence-electron chi connectivity index (χ1n) is 6.97. The van der Waals surface area contributed by atoms with Gasteiger partial charge in [-0.2, -0.15) is 0 Å². The molecule has 3 aromatic rings. The van der Waals surface area contributed by atoms with Gasteiger partial charge in [0.05, 0.1) is 16.7 Å². The lowest BCUT2D eigenvalue weighted by Crippen LogP contribution is -2.12. The Labute approximate surface area is 126 Å². The largest absolute Gasteiger partial charge is 0.470 e. The smallest absolute Gasteiger partial charge is 0.241 e. The normalized spacial score (nSPS) is 14.1. The van der Waals surface area contributed by atoms with Gasteiger partial charge in [-0.3, -0.25) is 4.98 Å². The van der Waals surface area contributed by atoms with Crippen molar-refractivity contribution in [3.05, 3.63) is 47.5 Å². The zero-order valence-electron chi connectivity index (χ0n) is 11.9. The highest BCUT2D eigenvalue weighted by atomic mass is 19.1. The van der Waals surface area contributed by atoms with Crippen molar-refractivity contribution in [2.24, 2.45) is 5.73 Å². The molecule has 0 unspecified atom stereocenters. The molecule has 1 aliphatic heterocycles. The topological polar surface area (TPSA) is 73.9 Å². The lowest BCUT2D eigenvalue weighted by molar-refractivity contribution is 0.285. The van der Waals surface area contributed by atoms with Gasteiger partial charge in [0.25, 0.3) is 0 Å². The van der Waals surface area contributed by atoms with Crippen LogP contribution in [0.1, 0.15) is 24.2 Å². The van der Waals surface area contributed by atoms with Crippen LogP contribution < -0.4 is 10.5 Å². The van der Waals surface area contributed by atoms with Crippen molar-refractivity contribution < 1.29 is 9.13 Å². The fourth-order valence-corrected chi connectivity index (χ4v) is 2.66. The maximum Gasteiger partial charge on any atom is 0.241 e. The highest BCUT2D eigenvalue weighted by Gasteiger charge is 2.23. The van der Waals surface area contributed by atoms with Crippen molar-refractivity contribution in [3.8, 4) is 17.1 Å². The number of ether oxygens (including phenoxy) is 1. The Kier molecular flexibility index (Phi) is 2.80. The van der Waals surface area contributed by atoms with E-state index in [0.29, 0.717) is 34.8 Å². The number of pyridine rings is 1. The van der Waals surface area contributed by atoms with E-state index in [1.165, 1.54) is 12.1 Å². The third-order valence-corrected chi connectivity index (χ3v) is 3.71. The van der Waals surface area contributed by atoms with Crippen LogP contribution in [0.25, 0.3) is 22.3 Å². The molecular weight excluding hydrogens is 283 g/mol. The van der Waals surface area contributed by atoms with Gasteiger partial charge in [0, 0.05) is 23.9 Å². The number of fused-ring (bicyclic) bond motifs is 4. The number of nitrogens with zero attached hydrogens (tertiary/aromatic N) is 3. The molecule has 2 aromatic heterocycles. The van der Waals surface area contributed by atoms with E-state index in [1.807, 2.05) is 12.1 Å². The summed E-state index contributed by atoms with van der Waals surface area (Å²) in [5.41, 5.74) is 9.82. The Morgan fingerprint density at radius 3 is 3.00 bits per heavy atom. The van der Waals surface area contributed by atoms with E-state index in [4.69, 9.17) is 10.5 Å². The van der Waals surface area contributed by atoms with Gasteiger partial charge in [0.1, 0.15) is 18.1 Å². The molecule has 6 heteroatoms. The van der Waals surface area contributed by atoms with E-state index in [1.54, 1.807) is 13.1 Å². The Morgan fingerprint density at radius 1 is 1.32 bits per heavy atom. The first-order chi connectivity index (χ1) is 10.6. The molecule has 0 spiro atoms. The van der Waals surface area contributed by atoms with Crippen LogP contribution in [-0.4, -0.2) is 15.0 Å². The summed E-state index contributed by atoms with van der Waals surface area (Å²) in [5, 5.41) is 0. The number of hydrogen-bond donors (Lipinski definition) is 1. The minimum Gasteiger partial charge on any atom is -0.470 e. The molecular formula is C16H13FN4O. The summed E-state index contributed by atoms with van der Waals surface area (Å²) in [7, 11) is 0. The van der Waals surface area contributed by atoms with E-state index in [0.717, 1.165) is 11.3 Å². The average molecular weight is 296 g/mol. The Bertz CT molecular complexity index is 895. The quantitative estimate of drug-likeness (QED) is 0.747. The van der Waals surface area contributed by atoms with Crippen LogP contribution in [0.3, 0.4) is 0 Å². The second kappa shape index (κ2) is 4.71. The molecule has 4 rings (SSSR count). The Balaban J connectivity index is 2.04. The minimum absolute atomic E-state index is 0.344. The van der Waals surface area contributed by atoms with Crippen molar-refractivity contribution in [3.63, 3.8) is 0 Å². The summed E-state index contributed by atoms with van der Waals surface area (Å²) in [6, 6.07) is 6.16. The fraction of sp³-hybridized carbons (Fsp3) is 0.188. The highest BCUT2D eigenvalue weighted by Crippen LogP contribution is 2.36. The molecule has 22 heavy (non-hydrogen) atoms. The molecule has 0 amide bonds. The lowest BCUT2D eigenvalue weighted by atomic mass is 10.0. The van der Waals surface area contributed by atoms with Crippen LogP contribution in [0.2, 0.25) is 0 Å². The van der Waals surface area contributed by atoms with E-state index in [9.17, 15) is 4.39 Å². The molecule has 0 saturated heterocycles. The maximum absolute atomic E-state index is 13.8. The molecule has 3 heterocycles. The van der Waals surface area contributed by atoms with Crippen LogP contribution in [0.5, 0.6) is 5.88 Å². The van der Waals surface area contributed by atoms with Crippen LogP contribution >= 0.6 is 0 Å². The van der Waals surface area contributed by atoms with Crippen LogP contribution in [0.4, 0.5) is 4.39 Å². The van der Waals surface area contributed by atoms with Crippen LogP contribution in [0.15, 0.2) is 30.5 Å². The summed E-state index contributed by atoms with van der Waals surface area (Å²) in [6.07, 6.45) is 1.70. The predicted octanol–water partition coefficient (Wildman–Crippen LogP) is 2.74. The molecule has 2 N–H and O–H groups in total. The van der Waals surface area contributed by atoms with Gasteiger partial charge in [0.2, 0.25) is 5.88 Å². The van der Waals surface area contributed by atoms with Crippen molar-refractivity contribution in [1.29, 1.82) is 0 Å². The van der Waals surface area contributed by atoms with Gasteiger partial charge < -0.3 is 10.5 Å². The number of aromatic nitrogens is 3. The summed E-state index contributed by atoms with van der Waals surface area (Å²) in [5.74, 6) is 0.0543. The minimum atomic E-state index is -0.378. The van der Waals surface area contributed by atoms with Gasteiger partial charge >= 0.3 is 0 Å². The molecule has 0 radical (unpaired) electrons. The molecule has 0 saturated carbocycles. The molecule has 1 aromatic carbocycles. The summed E-state index contributed by atoms with van der Waals surface area (Å²) < 4.78 is 19.5. The fourth-order valence-electron chi connectivity index (χ4n) is 2.66. The summed E-state index contributed by atoms with van der Waals surface area (Å²) >= 11 is 0. The van der Waals surface area contributed by atoms with Gasteiger partial charge in [-0.05, 0) is 30.7 Å². The van der Waals surface area contributed by atoms with Crippen LogP contribution in [0, 0.1) is 5.82 Å². The summed E-state index contributed by atoms with van der Waals surface area (Å²) in [4.78, 5) is 13.3. The number of halogens is 1. The first kappa shape index (κ1) is 13.1. The first-order valence-corrected chi connectivity index (χ1v) is 6.97. The molecule has 0 fully saturated rings. The molecule has 5 nitrogen and oxygen atoms in total. The van der Waals surface area contributed by atoms with Crippen LogP contribution in [-0.2, 0) is 6.61 Å². The lowest BCUT2D eigenvalue weighted by Gasteiger charge is -2.19. The zero-order valence-corrected chi connectivity index (χ0v) is 11.9. The molecule has 0 bridgehead atoms. The molecule has 1 atom stereocenters. The predicted molar refractivity (Wildman–Crippen MR) is 79.7 cm³/mol. The van der Waals surface area contributed by atoms with Crippen molar-refractivity contribution >= 4 is 11.0 Å². The number of benzene rings is 1. The SMILES string of the molecule is C[C@@H](N)c1cc(F)cc2nc3c(nc12)OCc1ncccc1-3. The highest BCUT2D eigenvalue weighted by molar-refractivity contribution is 5.83. The van der Waals surface area contributed by atoms with Gasteiger partial charge in [-0.15, -0.1) is 0 Å². The van der Waals surface area contributed by atoms with Gasteiger partial charge in [0.15, 0.2) is 0 Å². The third-order valence-electron chi connectivity index (χ3n) is 3.71. The van der Waals surface area contributed by atoms with E-state index in [-0.39, 0.29) is 11.9 Å². The third kappa shape index (κ3) is 1.92.